The first kappa shape index (κ1) is 23.4. The second-order valence-electron chi connectivity index (χ2n) is 8.32. The van der Waals surface area contributed by atoms with Crippen LogP contribution in [0.4, 0.5) is 11.6 Å². The number of carbonyl (C=O) groups excluding carboxylic acids is 1. The maximum Gasteiger partial charge on any atom is 0.255 e. The molecular weight excluding hydrogens is 522 g/mol. The first-order valence-electron chi connectivity index (χ1n) is 11.2. The molecule has 0 radical (unpaired) electrons. The quantitative estimate of drug-likeness (QED) is 0.268. The number of benzene rings is 3. The molecule has 1 aromatic heterocycles. The van der Waals surface area contributed by atoms with Gasteiger partial charge in [-0.2, -0.15) is 4.98 Å². The van der Waals surface area contributed by atoms with Crippen LogP contribution in [0.1, 0.15) is 29.7 Å². The number of fused-ring (bicyclic) bond motifs is 1. The zero-order chi connectivity index (χ0) is 24.4. The van der Waals surface area contributed by atoms with Gasteiger partial charge in [0.1, 0.15) is 6.04 Å². The van der Waals surface area contributed by atoms with Crippen molar-refractivity contribution in [3.63, 3.8) is 0 Å². The topological polar surface area (TPSA) is 71.8 Å². The van der Waals surface area contributed by atoms with Crippen LogP contribution in [-0.2, 0) is 10.5 Å². The molecule has 1 amide bonds. The average molecular weight is 546 g/mol. The number of nitrogens with zero attached hydrogens (tertiary/aromatic N) is 3. The van der Waals surface area contributed by atoms with E-state index in [0.29, 0.717) is 16.7 Å². The number of halogens is 1. The molecule has 1 aliphatic heterocycles. The lowest BCUT2D eigenvalue weighted by atomic mass is 9.95. The van der Waals surface area contributed by atoms with Crippen molar-refractivity contribution in [3.05, 3.63) is 111 Å². The van der Waals surface area contributed by atoms with Gasteiger partial charge in [-0.1, -0.05) is 88.4 Å². The van der Waals surface area contributed by atoms with E-state index in [-0.39, 0.29) is 5.91 Å². The first-order chi connectivity index (χ1) is 17.0. The van der Waals surface area contributed by atoms with Gasteiger partial charge in [0, 0.05) is 21.6 Å². The van der Waals surface area contributed by atoms with Gasteiger partial charge in [0.2, 0.25) is 11.1 Å². The predicted molar refractivity (Wildman–Crippen MR) is 144 cm³/mol. The van der Waals surface area contributed by atoms with Gasteiger partial charge < -0.3 is 10.6 Å². The molecule has 5 rings (SSSR count). The molecule has 0 saturated heterocycles. The molecule has 0 unspecified atom stereocenters. The van der Waals surface area contributed by atoms with Gasteiger partial charge >= 0.3 is 0 Å². The van der Waals surface area contributed by atoms with Crippen LogP contribution in [0.25, 0.3) is 0 Å². The molecule has 0 bridgehead atoms. The molecule has 3 aromatic carbocycles. The molecule has 8 heteroatoms. The Balaban J connectivity index is 1.50. The van der Waals surface area contributed by atoms with Gasteiger partial charge in [0.05, 0.1) is 5.57 Å². The number of hydrogen-bond acceptors (Lipinski definition) is 5. The molecular formula is C27H24BrN5OS. The highest BCUT2D eigenvalue weighted by Crippen LogP contribution is 2.37. The van der Waals surface area contributed by atoms with Crippen molar-refractivity contribution in [3.8, 4) is 0 Å². The van der Waals surface area contributed by atoms with E-state index in [1.807, 2.05) is 85.3 Å². The molecule has 1 atom stereocenters. The van der Waals surface area contributed by atoms with Gasteiger partial charge in [-0.05, 0) is 48.7 Å². The van der Waals surface area contributed by atoms with Crippen molar-refractivity contribution in [1.29, 1.82) is 0 Å². The summed E-state index contributed by atoms with van der Waals surface area (Å²) in [5.41, 5.74) is 5.31. The summed E-state index contributed by atoms with van der Waals surface area (Å²) in [5.74, 6) is 1.22. The number of para-hydroxylation sites is 1. The summed E-state index contributed by atoms with van der Waals surface area (Å²) >= 11 is 5.09. The van der Waals surface area contributed by atoms with Crippen LogP contribution in [0.2, 0.25) is 0 Å². The molecule has 6 nitrogen and oxygen atoms in total. The van der Waals surface area contributed by atoms with Crippen LogP contribution < -0.4 is 10.6 Å². The van der Waals surface area contributed by atoms with Gasteiger partial charge in [0.15, 0.2) is 0 Å². The van der Waals surface area contributed by atoms with E-state index in [4.69, 9.17) is 10.1 Å². The molecule has 4 aromatic rings. The van der Waals surface area contributed by atoms with Gasteiger partial charge in [-0.3, -0.25) is 4.79 Å². The maximum absolute atomic E-state index is 13.6. The lowest BCUT2D eigenvalue weighted by molar-refractivity contribution is -0.113. The summed E-state index contributed by atoms with van der Waals surface area (Å²) in [6, 6.07) is 25.6. The Bertz CT molecular complexity index is 1400. The molecule has 0 saturated carbocycles. The SMILES string of the molecule is CC1=C(C(=O)Nc2ccccc2C)[C@H](c2ccc(Br)cc2)n2nc(SCc3ccccc3)nc2N1. The summed E-state index contributed by atoms with van der Waals surface area (Å²) < 4.78 is 2.79. The van der Waals surface area contributed by atoms with E-state index in [0.717, 1.165) is 32.7 Å². The van der Waals surface area contributed by atoms with E-state index in [1.165, 1.54) is 5.56 Å². The summed E-state index contributed by atoms with van der Waals surface area (Å²) in [5, 5.41) is 11.9. The standard InChI is InChI=1S/C27H24BrN5OS/c1-17-8-6-7-11-22(17)30-25(34)23-18(2)29-26-31-27(35-16-19-9-4-3-5-10-19)32-33(26)24(23)20-12-14-21(28)15-13-20/h3-15,24H,16H2,1-2H3,(H,30,34)(H,29,31,32)/t24-/m0/s1. The average Bonchev–Trinajstić information content (AvgIpc) is 3.27. The number of nitrogens with one attached hydrogen (secondary N) is 2. The first-order valence-corrected chi connectivity index (χ1v) is 13.0. The lowest BCUT2D eigenvalue weighted by Gasteiger charge is -2.28. The van der Waals surface area contributed by atoms with Crippen LogP contribution >= 0.6 is 27.7 Å². The minimum atomic E-state index is -0.415. The van der Waals surface area contributed by atoms with Crippen molar-refractivity contribution in [2.24, 2.45) is 0 Å². The lowest BCUT2D eigenvalue weighted by Crippen LogP contribution is -2.31. The van der Waals surface area contributed by atoms with Crippen LogP contribution in [-0.4, -0.2) is 20.7 Å². The Morgan fingerprint density at radius 2 is 1.74 bits per heavy atom. The largest absolute Gasteiger partial charge is 0.328 e. The van der Waals surface area contributed by atoms with E-state index in [1.54, 1.807) is 11.8 Å². The van der Waals surface area contributed by atoms with E-state index in [2.05, 4.69) is 38.7 Å². The summed E-state index contributed by atoms with van der Waals surface area (Å²) in [6.45, 7) is 3.89. The molecule has 0 spiro atoms. The summed E-state index contributed by atoms with van der Waals surface area (Å²) in [6.07, 6.45) is 0. The Morgan fingerprint density at radius 1 is 1.03 bits per heavy atom. The monoisotopic (exact) mass is 545 g/mol. The number of carbonyl (C=O) groups is 1. The summed E-state index contributed by atoms with van der Waals surface area (Å²) in [7, 11) is 0. The number of anilines is 2. The van der Waals surface area contributed by atoms with Crippen molar-refractivity contribution < 1.29 is 4.79 Å². The van der Waals surface area contributed by atoms with Crippen molar-refractivity contribution in [2.45, 2.75) is 30.8 Å². The number of allylic oxidation sites excluding steroid dienone is 1. The predicted octanol–water partition coefficient (Wildman–Crippen LogP) is 6.57. The van der Waals surface area contributed by atoms with Gasteiger partial charge in [0.25, 0.3) is 5.91 Å². The number of hydrogen-bond donors (Lipinski definition) is 2. The Kier molecular flexibility index (Phi) is 6.74. The number of aryl methyl sites for hydroxylation is 1. The molecule has 35 heavy (non-hydrogen) atoms. The van der Waals surface area contributed by atoms with Crippen LogP contribution in [0.3, 0.4) is 0 Å². The fourth-order valence-corrected chi connectivity index (χ4v) is 5.11. The maximum atomic E-state index is 13.6. The third-order valence-corrected chi connectivity index (χ3v) is 7.31. The highest BCUT2D eigenvalue weighted by Gasteiger charge is 2.34. The Hall–Kier alpha value is -3.36. The van der Waals surface area contributed by atoms with Crippen LogP contribution in [0.5, 0.6) is 0 Å². The smallest absolute Gasteiger partial charge is 0.255 e. The van der Waals surface area contributed by atoms with Gasteiger partial charge in [-0.15, -0.1) is 5.10 Å². The second-order valence-corrected chi connectivity index (χ2v) is 10.2. The van der Waals surface area contributed by atoms with Crippen molar-refractivity contribution in [2.75, 3.05) is 10.6 Å². The fraction of sp³-hybridized carbons (Fsp3) is 0.148. The molecule has 1 aliphatic rings. The van der Waals surface area contributed by atoms with Crippen LogP contribution in [0, 0.1) is 6.92 Å². The van der Waals surface area contributed by atoms with E-state index >= 15 is 0 Å². The number of rotatable bonds is 6. The number of thioether (sulfide) groups is 1. The fourth-order valence-electron chi connectivity index (χ4n) is 4.06. The molecule has 2 N–H and O–H groups in total. The Labute approximate surface area is 217 Å². The number of aromatic nitrogens is 3. The minimum Gasteiger partial charge on any atom is -0.328 e. The molecule has 176 valence electrons. The third kappa shape index (κ3) is 5.04. The second kappa shape index (κ2) is 10.1. The Morgan fingerprint density at radius 3 is 2.49 bits per heavy atom. The molecule has 0 aliphatic carbocycles. The summed E-state index contributed by atoms with van der Waals surface area (Å²) in [4.78, 5) is 18.4. The van der Waals surface area contributed by atoms with E-state index in [9.17, 15) is 4.79 Å². The zero-order valence-corrected chi connectivity index (χ0v) is 21.7. The van der Waals surface area contributed by atoms with Crippen LogP contribution in [0.15, 0.2) is 99.8 Å². The zero-order valence-electron chi connectivity index (χ0n) is 19.3. The molecule has 2 heterocycles. The molecule has 0 fully saturated rings. The van der Waals surface area contributed by atoms with E-state index < -0.39 is 6.04 Å². The van der Waals surface area contributed by atoms with Crippen molar-refractivity contribution >= 4 is 45.2 Å². The minimum absolute atomic E-state index is 0.170. The van der Waals surface area contributed by atoms with Gasteiger partial charge in [-0.25, -0.2) is 4.68 Å². The normalized spacial score (nSPS) is 14.9. The highest BCUT2D eigenvalue weighted by atomic mass is 79.9. The highest BCUT2D eigenvalue weighted by molar-refractivity contribution is 9.10. The third-order valence-electron chi connectivity index (χ3n) is 5.87. The number of amides is 1. The van der Waals surface area contributed by atoms with Crippen molar-refractivity contribution in [1.82, 2.24) is 14.8 Å².